The van der Waals surface area contributed by atoms with Crippen LogP contribution in [0, 0.1) is 0 Å². The van der Waals surface area contributed by atoms with Crippen LogP contribution in [0.3, 0.4) is 0 Å². The molecule has 0 atom stereocenters. The van der Waals surface area contributed by atoms with Crippen LogP contribution in [0.2, 0.25) is 0 Å². The Balaban J connectivity index is 1.45. The Kier molecular flexibility index (Phi) is 4.82. The van der Waals surface area contributed by atoms with E-state index >= 15 is 0 Å². The van der Waals surface area contributed by atoms with Crippen LogP contribution in [0.1, 0.15) is 52.7 Å². The van der Waals surface area contributed by atoms with Crippen LogP contribution in [0.25, 0.3) is 43.7 Å². The zero-order chi connectivity index (χ0) is 31.3. The Morgan fingerprint density at radius 1 is 0.609 bits per heavy atom. The Morgan fingerprint density at radius 3 is 2.17 bits per heavy atom. The minimum atomic E-state index is -0.00705. The number of para-hydroxylation sites is 3. The van der Waals surface area contributed by atoms with Gasteiger partial charge in [-0.25, -0.2) is 0 Å². The quantitative estimate of drug-likeness (QED) is 0.163. The number of fused-ring (bicyclic) bond motifs is 11. The zero-order valence-corrected chi connectivity index (χ0v) is 27.2. The molecule has 0 spiro atoms. The summed E-state index contributed by atoms with van der Waals surface area (Å²) in [6.07, 6.45) is 0. The third-order valence-electron chi connectivity index (χ3n) is 10.6. The molecule has 0 radical (unpaired) electrons. The number of aromatic nitrogens is 1. The molecule has 0 N–H and O–H groups in total. The van der Waals surface area contributed by atoms with Gasteiger partial charge in [-0.15, -0.1) is 0 Å². The summed E-state index contributed by atoms with van der Waals surface area (Å²) in [5.41, 5.74) is 14.2. The average Bonchev–Trinajstić information content (AvgIpc) is 3.36. The lowest BCUT2D eigenvalue weighted by atomic mass is 9.44. The monoisotopic (exact) mass is 594 g/mol. The molecule has 222 valence electrons. The van der Waals surface area contributed by atoms with Crippen LogP contribution >= 0.6 is 0 Å². The van der Waals surface area contributed by atoms with E-state index in [1.165, 1.54) is 71.4 Å². The van der Waals surface area contributed by atoms with Gasteiger partial charge in [0.25, 0.3) is 0 Å². The van der Waals surface area contributed by atoms with Gasteiger partial charge in [0.1, 0.15) is 0 Å². The lowest BCUT2D eigenvalue weighted by Crippen LogP contribution is -2.57. The first-order valence-electron chi connectivity index (χ1n) is 16.5. The van der Waals surface area contributed by atoms with Gasteiger partial charge < -0.3 is 14.1 Å². The number of anilines is 3. The van der Waals surface area contributed by atoms with E-state index in [2.05, 4.69) is 154 Å². The molecule has 6 aromatic carbocycles. The maximum absolute atomic E-state index is 6.63. The summed E-state index contributed by atoms with van der Waals surface area (Å²) in [4.78, 5) is 2.48. The predicted octanol–water partition coefficient (Wildman–Crippen LogP) is 10.1. The molecule has 0 amide bonds. The molecule has 0 bridgehead atoms. The molecule has 10 rings (SSSR count). The zero-order valence-electron chi connectivity index (χ0n) is 27.2. The second-order valence-corrected chi connectivity index (χ2v) is 15.4. The molecule has 0 saturated carbocycles. The minimum Gasteiger partial charge on any atom is -0.453 e. The number of hydrogen-bond donors (Lipinski definition) is 0. The van der Waals surface area contributed by atoms with Crippen molar-refractivity contribution >= 4 is 67.4 Å². The van der Waals surface area contributed by atoms with Crippen molar-refractivity contribution in [2.75, 3.05) is 4.90 Å². The second kappa shape index (κ2) is 8.44. The molecular formula is C42H35BN2O. The number of hydrogen-bond acceptors (Lipinski definition) is 2. The van der Waals surface area contributed by atoms with Crippen LogP contribution in [0.5, 0.6) is 11.5 Å². The largest absolute Gasteiger partial charge is 0.453 e. The van der Waals surface area contributed by atoms with E-state index < -0.39 is 0 Å². The highest BCUT2D eigenvalue weighted by Gasteiger charge is 2.46. The molecule has 1 aromatic heterocycles. The molecule has 3 aliphatic rings. The van der Waals surface area contributed by atoms with Gasteiger partial charge in [0.05, 0.1) is 11.4 Å². The molecule has 0 fully saturated rings. The minimum absolute atomic E-state index is 0.00291. The second-order valence-electron chi connectivity index (χ2n) is 15.4. The Labute approximate surface area is 270 Å². The Morgan fingerprint density at radius 2 is 1.35 bits per heavy atom. The van der Waals surface area contributed by atoms with Gasteiger partial charge in [-0.1, -0.05) is 96.1 Å². The number of benzene rings is 6. The van der Waals surface area contributed by atoms with Crippen molar-refractivity contribution in [2.45, 2.75) is 52.4 Å². The molecule has 0 aliphatic carbocycles. The summed E-state index contributed by atoms with van der Waals surface area (Å²) < 4.78 is 9.29. The molecule has 3 aliphatic heterocycles. The van der Waals surface area contributed by atoms with E-state index in [4.69, 9.17) is 4.74 Å². The smallest absolute Gasteiger partial charge is 0.333 e. The van der Waals surface area contributed by atoms with Crippen molar-refractivity contribution in [3.8, 4) is 22.6 Å². The fourth-order valence-electron chi connectivity index (χ4n) is 8.36. The highest BCUT2D eigenvalue weighted by atomic mass is 16.5. The van der Waals surface area contributed by atoms with Crippen molar-refractivity contribution in [2.24, 2.45) is 0 Å². The van der Waals surface area contributed by atoms with Crippen molar-refractivity contribution < 1.29 is 4.74 Å². The Hall–Kier alpha value is -4.96. The molecule has 46 heavy (non-hydrogen) atoms. The SMILES string of the molecule is CC(C)(C)c1ccc2c(c1)c1cc(C(C)(C)C)cc3c1n2B1c2cccc4c2N(c2ccccc2O4)c2cc4ccccc4c-3c21. The van der Waals surface area contributed by atoms with E-state index in [0.717, 1.165) is 22.9 Å². The topological polar surface area (TPSA) is 17.4 Å². The van der Waals surface area contributed by atoms with Crippen LogP contribution in [-0.2, 0) is 10.8 Å². The number of rotatable bonds is 0. The highest BCUT2D eigenvalue weighted by Crippen LogP contribution is 2.54. The summed E-state index contributed by atoms with van der Waals surface area (Å²) >= 11 is 0. The van der Waals surface area contributed by atoms with Gasteiger partial charge in [0.2, 0.25) is 0 Å². The summed E-state index contributed by atoms with van der Waals surface area (Å²) in [5.74, 6) is 1.80. The first-order chi connectivity index (χ1) is 22.1. The van der Waals surface area contributed by atoms with E-state index in [-0.39, 0.29) is 17.7 Å². The molecular weight excluding hydrogens is 559 g/mol. The lowest BCUT2D eigenvalue weighted by molar-refractivity contribution is 0.477. The highest BCUT2D eigenvalue weighted by molar-refractivity contribution is 6.90. The van der Waals surface area contributed by atoms with Crippen LogP contribution in [-0.4, -0.2) is 11.3 Å². The van der Waals surface area contributed by atoms with E-state index in [1.54, 1.807) is 0 Å². The van der Waals surface area contributed by atoms with Gasteiger partial charge in [-0.2, -0.15) is 0 Å². The first-order valence-corrected chi connectivity index (χ1v) is 16.5. The summed E-state index contributed by atoms with van der Waals surface area (Å²) in [6, 6.07) is 38.7. The molecule has 3 nitrogen and oxygen atoms in total. The maximum atomic E-state index is 6.63. The van der Waals surface area contributed by atoms with Gasteiger partial charge in [-0.3, -0.25) is 0 Å². The van der Waals surface area contributed by atoms with E-state index in [0.29, 0.717) is 0 Å². The summed E-state index contributed by atoms with van der Waals surface area (Å²) in [6.45, 7) is 14.0. The molecule has 7 aromatic rings. The van der Waals surface area contributed by atoms with Gasteiger partial charge in [-0.05, 0) is 97.7 Å². The number of ether oxygens (including phenoxy) is 1. The van der Waals surface area contributed by atoms with Gasteiger partial charge >= 0.3 is 6.85 Å². The van der Waals surface area contributed by atoms with Crippen LogP contribution in [0.15, 0.2) is 103 Å². The normalized spacial score (nSPS) is 14.4. The third kappa shape index (κ3) is 3.24. The summed E-state index contributed by atoms with van der Waals surface area (Å²) in [5, 5.41) is 5.25. The molecule has 0 saturated heterocycles. The van der Waals surface area contributed by atoms with Crippen LogP contribution in [0.4, 0.5) is 17.1 Å². The van der Waals surface area contributed by atoms with Crippen LogP contribution < -0.4 is 20.6 Å². The Bertz CT molecular complexity index is 2490. The fraction of sp³-hybridized carbons (Fsp3) is 0.190. The lowest BCUT2D eigenvalue weighted by Gasteiger charge is -2.43. The molecule has 0 unspecified atom stereocenters. The number of nitrogens with zero attached hydrogens (tertiary/aromatic N) is 2. The van der Waals surface area contributed by atoms with Crippen molar-refractivity contribution in [3.05, 3.63) is 114 Å². The fourth-order valence-corrected chi connectivity index (χ4v) is 8.36. The van der Waals surface area contributed by atoms with E-state index in [9.17, 15) is 0 Å². The van der Waals surface area contributed by atoms with Crippen molar-refractivity contribution in [1.29, 1.82) is 0 Å². The van der Waals surface area contributed by atoms with Gasteiger partial charge in [0.15, 0.2) is 11.5 Å². The van der Waals surface area contributed by atoms with Gasteiger partial charge in [0, 0.05) is 33.1 Å². The predicted molar refractivity (Wildman–Crippen MR) is 195 cm³/mol. The molecule has 4 heteroatoms. The van der Waals surface area contributed by atoms with E-state index in [1.807, 2.05) is 0 Å². The first kappa shape index (κ1) is 26.3. The summed E-state index contributed by atoms with van der Waals surface area (Å²) in [7, 11) is 0. The average molecular weight is 595 g/mol. The maximum Gasteiger partial charge on any atom is 0.333 e. The molecule has 4 heterocycles. The van der Waals surface area contributed by atoms with Crippen molar-refractivity contribution in [1.82, 2.24) is 4.48 Å². The standard InChI is InChI=1S/C42H35BN2O/c1-41(2,3)25-18-19-32-28(21-25)29-22-26(42(4,5)6)23-30-37-27-13-8-7-12-24(27)20-34-38(37)43(45(32)39(29)30)31-14-11-17-36-40(31)44(34)33-15-9-10-16-35(33)46-36/h7-23H,1-6H3. The third-order valence-corrected chi connectivity index (χ3v) is 10.6. The van der Waals surface area contributed by atoms with Crippen molar-refractivity contribution in [3.63, 3.8) is 0 Å².